The first-order valence-electron chi connectivity index (χ1n) is 13.2. The van der Waals surface area contributed by atoms with Crippen LogP contribution in [0.2, 0.25) is 0 Å². The van der Waals surface area contributed by atoms with Crippen LogP contribution in [0, 0.1) is 12.7 Å². The van der Waals surface area contributed by atoms with E-state index < -0.39 is 0 Å². The molecule has 0 spiro atoms. The fraction of sp³-hybridized carbons (Fsp3) is 0.258. The Hall–Kier alpha value is -3.79. The zero-order chi connectivity index (χ0) is 28.1. The maximum atomic E-state index is 13.4. The van der Waals surface area contributed by atoms with E-state index in [9.17, 15) is 9.18 Å². The molecule has 0 atom stereocenters. The highest BCUT2D eigenvalue weighted by Crippen LogP contribution is 2.29. The molecule has 1 aliphatic rings. The number of benzene rings is 3. The summed E-state index contributed by atoms with van der Waals surface area (Å²) < 4.78 is 13.4. The predicted molar refractivity (Wildman–Crippen MR) is 161 cm³/mol. The number of hydrogen-bond donors (Lipinski definition) is 2. The molecule has 3 aromatic carbocycles. The quantitative estimate of drug-likeness (QED) is 0.256. The van der Waals surface area contributed by atoms with Gasteiger partial charge in [-0.2, -0.15) is 0 Å². The fourth-order valence-corrected chi connectivity index (χ4v) is 5.10. The Kier molecular flexibility index (Phi) is 8.74. The second-order valence-corrected chi connectivity index (χ2v) is 10.9. The van der Waals surface area contributed by atoms with Crippen LogP contribution in [-0.2, 0) is 6.54 Å². The Morgan fingerprint density at radius 1 is 1.00 bits per heavy atom. The molecule has 0 unspecified atom stereocenters. The van der Waals surface area contributed by atoms with Crippen molar-refractivity contribution in [3.63, 3.8) is 0 Å². The van der Waals surface area contributed by atoms with Gasteiger partial charge in [-0.05, 0) is 86.0 Å². The smallest absolute Gasteiger partial charge is 0.255 e. The van der Waals surface area contributed by atoms with Crippen molar-refractivity contribution >= 4 is 35.0 Å². The molecule has 1 saturated heterocycles. The number of hydrogen-bond acceptors (Lipinski definition) is 7. The zero-order valence-electron chi connectivity index (χ0n) is 22.9. The fourth-order valence-electron chi connectivity index (χ4n) is 4.59. The van der Waals surface area contributed by atoms with Crippen LogP contribution in [-0.4, -0.2) is 65.2 Å². The third-order valence-electron chi connectivity index (χ3n) is 7.05. The van der Waals surface area contributed by atoms with Crippen LogP contribution < -0.4 is 10.6 Å². The van der Waals surface area contributed by atoms with Gasteiger partial charge in [-0.15, -0.1) is 11.8 Å². The second kappa shape index (κ2) is 12.6. The van der Waals surface area contributed by atoms with Gasteiger partial charge in [0, 0.05) is 61.4 Å². The standard InChI is InChI=1S/C31H33FN6OS/c1-21-4-5-22(20-38-16-14-37(2)15-17-38)18-27(21)35-30(39)24-8-12-26(13-9-24)34-31-33-19-28(40-3)29(36-31)23-6-10-25(32)11-7-23/h4-13,18-19H,14-17,20H2,1-3H3,(H,35,39)(H,33,34,36). The summed E-state index contributed by atoms with van der Waals surface area (Å²) >= 11 is 1.53. The summed E-state index contributed by atoms with van der Waals surface area (Å²) in [5.41, 5.74) is 5.89. The average molecular weight is 557 g/mol. The molecule has 1 aliphatic heterocycles. The van der Waals surface area contributed by atoms with Crippen molar-refractivity contribution in [2.24, 2.45) is 0 Å². The molecule has 40 heavy (non-hydrogen) atoms. The highest BCUT2D eigenvalue weighted by Gasteiger charge is 2.15. The Labute approximate surface area is 238 Å². The number of aromatic nitrogens is 2. The van der Waals surface area contributed by atoms with Crippen molar-refractivity contribution in [1.82, 2.24) is 19.8 Å². The molecule has 2 N–H and O–H groups in total. The van der Waals surface area contributed by atoms with Crippen LogP contribution in [0.1, 0.15) is 21.5 Å². The molecule has 0 saturated carbocycles. The predicted octanol–water partition coefficient (Wildman–Crippen LogP) is 6.06. The van der Waals surface area contributed by atoms with E-state index in [0.717, 1.165) is 65.8 Å². The van der Waals surface area contributed by atoms with Gasteiger partial charge in [0.2, 0.25) is 5.95 Å². The number of carbonyl (C=O) groups excluding carboxylic acids is 1. The number of aryl methyl sites for hydroxylation is 1. The van der Waals surface area contributed by atoms with Gasteiger partial charge in [0.25, 0.3) is 5.91 Å². The summed E-state index contributed by atoms with van der Waals surface area (Å²) in [6.07, 6.45) is 3.70. The van der Waals surface area contributed by atoms with Crippen molar-refractivity contribution in [2.75, 3.05) is 50.1 Å². The molecular formula is C31H33FN6OS. The van der Waals surface area contributed by atoms with Crippen LogP contribution >= 0.6 is 11.8 Å². The van der Waals surface area contributed by atoms with E-state index in [1.165, 1.54) is 29.5 Å². The minimum absolute atomic E-state index is 0.162. The first-order chi connectivity index (χ1) is 19.4. The van der Waals surface area contributed by atoms with Crippen LogP contribution in [0.3, 0.4) is 0 Å². The maximum Gasteiger partial charge on any atom is 0.255 e. The number of likely N-dealkylation sites (N-methyl/N-ethyl adjacent to an activating group) is 1. The molecule has 206 valence electrons. The number of rotatable bonds is 8. The van der Waals surface area contributed by atoms with E-state index in [0.29, 0.717) is 11.5 Å². The zero-order valence-corrected chi connectivity index (χ0v) is 23.8. The number of amides is 1. The van der Waals surface area contributed by atoms with Crippen molar-refractivity contribution < 1.29 is 9.18 Å². The highest BCUT2D eigenvalue weighted by molar-refractivity contribution is 7.98. The van der Waals surface area contributed by atoms with E-state index in [-0.39, 0.29) is 11.7 Å². The minimum Gasteiger partial charge on any atom is -0.324 e. The van der Waals surface area contributed by atoms with Gasteiger partial charge < -0.3 is 15.5 Å². The maximum absolute atomic E-state index is 13.4. The number of anilines is 3. The average Bonchev–Trinajstić information content (AvgIpc) is 2.97. The molecule has 1 fully saturated rings. The molecule has 1 aromatic heterocycles. The lowest BCUT2D eigenvalue weighted by molar-refractivity contribution is 0.102. The lowest BCUT2D eigenvalue weighted by Gasteiger charge is -2.32. The van der Waals surface area contributed by atoms with Gasteiger partial charge in [-0.1, -0.05) is 12.1 Å². The molecule has 2 heterocycles. The van der Waals surface area contributed by atoms with Gasteiger partial charge in [-0.25, -0.2) is 14.4 Å². The summed E-state index contributed by atoms with van der Waals surface area (Å²) in [7, 11) is 2.15. The summed E-state index contributed by atoms with van der Waals surface area (Å²) in [6.45, 7) is 7.13. The van der Waals surface area contributed by atoms with E-state index in [1.807, 2.05) is 25.3 Å². The van der Waals surface area contributed by atoms with Gasteiger partial charge in [0.1, 0.15) is 5.82 Å². The molecule has 0 aliphatic carbocycles. The number of piperazine rings is 1. The van der Waals surface area contributed by atoms with E-state index in [2.05, 4.69) is 55.6 Å². The Bertz CT molecular complexity index is 1470. The Balaban J connectivity index is 1.25. The summed E-state index contributed by atoms with van der Waals surface area (Å²) in [6, 6.07) is 19.7. The third kappa shape index (κ3) is 6.85. The second-order valence-electron chi connectivity index (χ2n) is 10.0. The first-order valence-corrected chi connectivity index (χ1v) is 14.5. The monoisotopic (exact) mass is 556 g/mol. The largest absolute Gasteiger partial charge is 0.324 e. The molecule has 1 amide bonds. The Morgan fingerprint density at radius 3 is 2.42 bits per heavy atom. The first kappa shape index (κ1) is 27.8. The lowest BCUT2D eigenvalue weighted by Crippen LogP contribution is -2.43. The van der Waals surface area contributed by atoms with Crippen LogP contribution in [0.25, 0.3) is 11.3 Å². The van der Waals surface area contributed by atoms with Gasteiger partial charge in [0.15, 0.2) is 0 Å². The summed E-state index contributed by atoms with van der Waals surface area (Å²) in [4.78, 5) is 27.8. The van der Waals surface area contributed by atoms with Crippen molar-refractivity contribution in [3.8, 4) is 11.3 Å². The van der Waals surface area contributed by atoms with Crippen LogP contribution in [0.15, 0.2) is 77.8 Å². The number of carbonyl (C=O) groups is 1. The number of nitrogens with one attached hydrogen (secondary N) is 2. The van der Waals surface area contributed by atoms with E-state index >= 15 is 0 Å². The number of thioether (sulfide) groups is 1. The van der Waals surface area contributed by atoms with E-state index in [1.54, 1.807) is 30.5 Å². The summed E-state index contributed by atoms with van der Waals surface area (Å²) in [5, 5.41) is 6.29. The molecule has 7 nitrogen and oxygen atoms in total. The normalized spacial score (nSPS) is 14.2. The van der Waals surface area contributed by atoms with E-state index in [4.69, 9.17) is 0 Å². The topological polar surface area (TPSA) is 73.4 Å². The third-order valence-corrected chi connectivity index (χ3v) is 7.79. The van der Waals surface area contributed by atoms with Crippen LogP contribution in [0.5, 0.6) is 0 Å². The summed E-state index contributed by atoms with van der Waals surface area (Å²) in [5.74, 6) is -0.0350. The van der Waals surface area contributed by atoms with Gasteiger partial charge in [-0.3, -0.25) is 9.69 Å². The van der Waals surface area contributed by atoms with Gasteiger partial charge >= 0.3 is 0 Å². The molecule has 0 radical (unpaired) electrons. The molecule has 9 heteroatoms. The lowest BCUT2D eigenvalue weighted by atomic mass is 10.1. The number of nitrogens with zero attached hydrogens (tertiary/aromatic N) is 4. The Morgan fingerprint density at radius 2 is 1.73 bits per heavy atom. The molecule has 0 bridgehead atoms. The molecular weight excluding hydrogens is 523 g/mol. The van der Waals surface area contributed by atoms with Crippen LogP contribution in [0.4, 0.5) is 21.7 Å². The highest BCUT2D eigenvalue weighted by atomic mass is 32.2. The number of halogens is 1. The van der Waals surface area contributed by atoms with Gasteiger partial charge in [0.05, 0.1) is 10.6 Å². The minimum atomic E-state index is -0.292. The van der Waals surface area contributed by atoms with Crippen molar-refractivity contribution in [1.29, 1.82) is 0 Å². The molecule has 4 aromatic rings. The molecule has 5 rings (SSSR count). The van der Waals surface area contributed by atoms with Crippen molar-refractivity contribution in [2.45, 2.75) is 18.4 Å². The SMILES string of the molecule is CSc1cnc(Nc2ccc(C(=O)Nc3cc(CN4CCN(C)CC4)ccc3C)cc2)nc1-c1ccc(F)cc1. The van der Waals surface area contributed by atoms with Crippen molar-refractivity contribution in [3.05, 3.63) is 95.4 Å².